The van der Waals surface area contributed by atoms with E-state index in [-0.39, 0.29) is 16.2 Å². The van der Waals surface area contributed by atoms with Gasteiger partial charge >= 0.3 is 0 Å². The van der Waals surface area contributed by atoms with Gasteiger partial charge in [0.25, 0.3) is 0 Å². The molecule has 4 aliphatic carbocycles. The minimum Gasteiger partial charge on any atom is -0.507 e. The van der Waals surface area contributed by atoms with Crippen LogP contribution in [0.5, 0.6) is 5.75 Å². The third kappa shape index (κ3) is 4.32. The van der Waals surface area contributed by atoms with Crippen molar-refractivity contribution < 1.29 is 9.84 Å². The van der Waals surface area contributed by atoms with Crippen molar-refractivity contribution in [2.24, 2.45) is 28.6 Å². The maximum absolute atomic E-state index is 11.9. The van der Waals surface area contributed by atoms with E-state index < -0.39 is 0 Å². The smallest absolute Gasteiger partial charge is 0.123 e. The van der Waals surface area contributed by atoms with Crippen molar-refractivity contribution in [3.05, 3.63) is 59.2 Å². The number of ether oxygens (including phenoxy) is 1. The largest absolute Gasteiger partial charge is 0.507 e. The molecule has 4 fully saturated rings. The van der Waals surface area contributed by atoms with Crippen LogP contribution in [-0.4, -0.2) is 31.4 Å². The summed E-state index contributed by atoms with van der Waals surface area (Å²) in [6.45, 7) is 13.3. The topological polar surface area (TPSA) is 32.7 Å². The van der Waals surface area contributed by atoms with Gasteiger partial charge in [-0.1, -0.05) is 64.8 Å². The second kappa shape index (κ2) is 9.49. The fourth-order valence-electron chi connectivity index (χ4n) is 11.3. The molecule has 1 spiro atoms. The number of aromatic hydroxyl groups is 1. The monoisotopic (exact) mass is 563 g/mol. The zero-order valence-electron chi connectivity index (χ0n) is 26.3. The molecule has 1 aliphatic heterocycles. The number of hydrogen-bond acceptors (Lipinski definition) is 3. The number of hydrogen-bond donors (Lipinski definition) is 1. The van der Waals surface area contributed by atoms with E-state index >= 15 is 0 Å². The lowest BCUT2D eigenvalue weighted by Gasteiger charge is -2.51. The number of nitrogens with zero attached hydrogens (tertiary/aromatic N) is 1. The van der Waals surface area contributed by atoms with Gasteiger partial charge < -0.3 is 14.7 Å². The zero-order chi connectivity index (χ0) is 28.9. The molecule has 0 amide bonds. The Bertz CT molecular complexity index is 1520. The SMILES string of the molecule is CC1(C)CC(C)(C)CC2(C1)c1ccccc1-c1c2cc(O)c2cc(N3CCOCC3)c(CC3CC4CCC(C4)C3)cc12. The van der Waals surface area contributed by atoms with Gasteiger partial charge in [0.05, 0.1) is 13.2 Å². The Labute approximate surface area is 252 Å². The van der Waals surface area contributed by atoms with Gasteiger partial charge in [-0.15, -0.1) is 0 Å². The van der Waals surface area contributed by atoms with Crippen LogP contribution in [0.2, 0.25) is 0 Å². The van der Waals surface area contributed by atoms with E-state index in [0.717, 1.165) is 68.7 Å². The first-order valence-electron chi connectivity index (χ1n) is 16.9. The van der Waals surface area contributed by atoms with E-state index in [2.05, 4.69) is 75.1 Å². The Morgan fingerprint density at radius 1 is 0.810 bits per heavy atom. The van der Waals surface area contributed by atoms with E-state index in [1.54, 1.807) is 0 Å². The summed E-state index contributed by atoms with van der Waals surface area (Å²) in [7, 11) is 0. The molecule has 8 rings (SSSR count). The molecule has 2 unspecified atom stereocenters. The van der Waals surface area contributed by atoms with Gasteiger partial charge in [0, 0.05) is 29.6 Å². The Hall–Kier alpha value is -2.52. The molecule has 1 heterocycles. The predicted octanol–water partition coefficient (Wildman–Crippen LogP) is 9.25. The highest BCUT2D eigenvalue weighted by Gasteiger charge is 2.53. The molecule has 2 bridgehead atoms. The van der Waals surface area contributed by atoms with Crippen LogP contribution in [-0.2, 0) is 16.6 Å². The summed E-state index contributed by atoms with van der Waals surface area (Å²) in [6.07, 6.45) is 11.8. The van der Waals surface area contributed by atoms with E-state index in [1.807, 2.05) is 0 Å². The summed E-state index contributed by atoms with van der Waals surface area (Å²) < 4.78 is 5.76. The highest BCUT2D eigenvalue weighted by atomic mass is 16.5. The van der Waals surface area contributed by atoms with Crippen LogP contribution in [0.15, 0.2) is 42.5 Å². The third-order valence-corrected chi connectivity index (χ3v) is 11.9. The fraction of sp³-hybridized carbons (Fsp3) is 0.590. The second-order valence-electron chi connectivity index (χ2n) is 16.5. The number of anilines is 1. The Balaban J connectivity index is 1.34. The number of rotatable bonds is 3. The number of morpholine rings is 1. The van der Waals surface area contributed by atoms with Gasteiger partial charge in [0.1, 0.15) is 5.75 Å². The first-order chi connectivity index (χ1) is 20.1. The van der Waals surface area contributed by atoms with Crippen LogP contribution in [0, 0.1) is 28.6 Å². The number of phenols is 1. The van der Waals surface area contributed by atoms with Gasteiger partial charge in [0.2, 0.25) is 0 Å². The minimum absolute atomic E-state index is 0.0611. The summed E-state index contributed by atoms with van der Waals surface area (Å²) >= 11 is 0. The van der Waals surface area contributed by atoms with E-state index in [9.17, 15) is 5.11 Å². The summed E-state index contributed by atoms with van der Waals surface area (Å²) in [5.74, 6) is 3.12. The molecule has 3 saturated carbocycles. The van der Waals surface area contributed by atoms with Crippen molar-refractivity contribution in [1.82, 2.24) is 0 Å². The minimum atomic E-state index is -0.0611. The molecule has 0 radical (unpaired) electrons. The maximum atomic E-state index is 11.9. The van der Waals surface area contributed by atoms with Crippen LogP contribution >= 0.6 is 0 Å². The molecule has 42 heavy (non-hydrogen) atoms. The highest BCUT2D eigenvalue weighted by molar-refractivity contribution is 6.07. The first-order valence-corrected chi connectivity index (χ1v) is 16.9. The van der Waals surface area contributed by atoms with Crippen LogP contribution in [0.25, 0.3) is 21.9 Å². The van der Waals surface area contributed by atoms with Crippen molar-refractivity contribution >= 4 is 16.5 Å². The van der Waals surface area contributed by atoms with Gasteiger partial charge in [-0.05, 0) is 125 Å². The van der Waals surface area contributed by atoms with Gasteiger partial charge in [0.15, 0.2) is 0 Å². The molecule has 2 atom stereocenters. The Morgan fingerprint density at radius 2 is 1.50 bits per heavy atom. The summed E-state index contributed by atoms with van der Waals surface area (Å²) in [6, 6.07) is 16.3. The van der Waals surface area contributed by atoms with Gasteiger partial charge in [-0.2, -0.15) is 0 Å². The normalized spacial score (nSPS) is 28.7. The fourth-order valence-corrected chi connectivity index (χ4v) is 11.3. The Kier molecular flexibility index (Phi) is 6.11. The lowest BCUT2D eigenvalue weighted by molar-refractivity contribution is 0.0645. The molecular weight excluding hydrogens is 514 g/mol. The molecule has 1 N–H and O–H groups in total. The lowest BCUT2D eigenvalue weighted by Crippen LogP contribution is -2.43. The number of phenolic OH excluding ortho intramolecular Hbond substituents is 1. The average molecular weight is 564 g/mol. The first kappa shape index (κ1) is 27.1. The van der Waals surface area contributed by atoms with Crippen molar-refractivity contribution in [3.8, 4) is 16.9 Å². The van der Waals surface area contributed by atoms with Gasteiger partial charge in [-0.25, -0.2) is 0 Å². The molecule has 1 saturated heterocycles. The molecule has 3 aromatic rings. The van der Waals surface area contributed by atoms with E-state index in [4.69, 9.17) is 4.74 Å². The standard InChI is InChI=1S/C39H49NO2/c1-37(2)22-38(3,4)24-39(23-37)32-8-6-5-7-29(32)36-31-19-28(18-27-16-25-9-10-26(15-25)17-27)34(40-11-13-42-14-12-40)20-30(31)35(41)21-33(36)39/h5-8,19-21,25-27,41H,9-18,22-24H2,1-4H3. The zero-order valence-corrected chi connectivity index (χ0v) is 26.3. The maximum Gasteiger partial charge on any atom is 0.123 e. The van der Waals surface area contributed by atoms with Gasteiger partial charge in [-0.3, -0.25) is 0 Å². The van der Waals surface area contributed by atoms with Crippen molar-refractivity contribution in [1.29, 1.82) is 0 Å². The van der Waals surface area contributed by atoms with Crippen LogP contribution in [0.3, 0.4) is 0 Å². The average Bonchev–Trinajstić information content (AvgIpc) is 3.40. The van der Waals surface area contributed by atoms with Crippen molar-refractivity contribution in [2.75, 3.05) is 31.2 Å². The molecule has 3 heteroatoms. The van der Waals surface area contributed by atoms with E-state index in [0.29, 0.717) is 5.75 Å². The lowest BCUT2D eigenvalue weighted by atomic mass is 9.52. The van der Waals surface area contributed by atoms with Crippen LogP contribution in [0.4, 0.5) is 5.69 Å². The van der Waals surface area contributed by atoms with Crippen molar-refractivity contribution in [3.63, 3.8) is 0 Å². The van der Waals surface area contributed by atoms with E-state index in [1.165, 1.54) is 77.4 Å². The van der Waals surface area contributed by atoms with Crippen LogP contribution in [0.1, 0.15) is 95.8 Å². The predicted molar refractivity (Wildman–Crippen MR) is 174 cm³/mol. The molecular formula is C39H49NO2. The molecule has 3 nitrogen and oxygen atoms in total. The molecule has 0 aromatic heterocycles. The number of benzene rings is 3. The summed E-state index contributed by atoms with van der Waals surface area (Å²) in [4.78, 5) is 2.53. The summed E-state index contributed by atoms with van der Waals surface area (Å²) in [5, 5.41) is 14.1. The van der Waals surface area contributed by atoms with Crippen molar-refractivity contribution in [2.45, 2.75) is 90.9 Å². The summed E-state index contributed by atoms with van der Waals surface area (Å²) in [5.41, 5.74) is 8.86. The third-order valence-electron chi connectivity index (χ3n) is 11.9. The highest BCUT2D eigenvalue weighted by Crippen LogP contribution is 2.65. The quantitative estimate of drug-likeness (QED) is 0.345. The molecule has 3 aromatic carbocycles. The number of fused-ring (bicyclic) bond motifs is 9. The second-order valence-corrected chi connectivity index (χ2v) is 16.5. The Morgan fingerprint density at radius 3 is 2.21 bits per heavy atom. The molecule has 222 valence electrons. The molecule has 5 aliphatic rings. The van der Waals surface area contributed by atoms with Crippen LogP contribution < -0.4 is 4.90 Å².